The molecule has 1 amide bonds. The number of carbonyl (C=O) groups is 1. The molecule has 208 valence electrons. The van der Waals surface area contributed by atoms with E-state index in [1.165, 1.54) is 11.1 Å². The Bertz CT molecular complexity index is 1850. The molecule has 8 nitrogen and oxygen atoms in total. The molecular formula is C34H29N5O3. The number of amides is 1. The highest BCUT2D eigenvalue weighted by Gasteiger charge is 2.13. The topological polar surface area (TPSA) is 101 Å². The summed E-state index contributed by atoms with van der Waals surface area (Å²) in [4.78, 5) is 22.5. The summed E-state index contributed by atoms with van der Waals surface area (Å²) in [6.07, 6.45) is 6.27. The summed E-state index contributed by atoms with van der Waals surface area (Å²) in [6, 6.07) is 31.0. The average Bonchev–Trinajstić information content (AvgIpc) is 3.52. The number of nitrogens with one attached hydrogen (secondary N) is 2. The predicted molar refractivity (Wildman–Crippen MR) is 164 cm³/mol. The second-order valence-corrected chi connectivity index (χ2v) is 9.84. The molecule has 42 heavy (non-hydrogen) atoms. The molecule has 0 saturated carbocycles. The lowest BCUT2D eigenvalue weighted by Crippen LogP contribution is -2.12. The number of ether oxygens (including phenoxy) is 1. The lowest BCUT2D eigenvalue weighted by atomic mass is 10.0. The van der Waals surface area contributed by atoms with E-state index in [1.807, 2.05) is 83.5 Å². The monoisotopic (exact) mass is 555 g/mol. The summed E-state index contributed by atoms with van der Waals surface area (Å²) < 4.78 is 7.29. The molecule has 0 aliphatic heterocycles. The molecule has 0 spiro atoms. The molecule has 0 aliphatic rings. The molecule has 0 fully saturated rings. The minimum absolute atomic E-state index is 0.120. The van der Waals surface area contributed by atoms with Crippen LogP contribution in [0.3, 0.4) is 0 Å². The van der Waals surface area contributed by atoms with Crippen LogP contribution in [-0.4, -0.2) is 32.5 Å². The SMILES string of the molecule is COc1cc(Nc2nc(-c3cccc(C(=O)Nc4ccc(Cc5ccccc5)cc4)c3)cn3ccnc23)ccc1CO. The highest BCUT2D eigenvalue weighted by atomic mass is 16.5. The third-order valence-electron chi connectivity index (χ3n) is 6.98. The summed E-state index contributed by atoms with van der Waals surface area (Å²) in [6.45, 7) is -0.120. The standard InChI is InChI=1S/C34H29N5O3/c1-42-31-20-29(15-12-27(31)22-40)36-32-33-35-16-17-39(33)21-30(38-32)25-8-5-9-26(19-25)34(41)37-28-13-10-24(11-14-28)18-23-6-3-2-4-7-23/h2-17,19-21,40H,18,22H2,1H3,(H,36,38)(H,37,41). The summed E-state index contributed by atoms with van der Waals surface area (Å²) in [5.41, 5.74) is 7.20. The number of carbonyl (C=O) groups excluding carboxylic acids is 1. The molecule has 0 radical (unpaired) electrons. The fourth-order valence-corrected chi connectivity index (χ4v) is 4.80. The van der Waals surface area contributed by atoms with Gasteiger partial charge in [0.05, 0.1) is 19.4 Å². The van der Waals surface area contributed by atoms with Crippen molar-refractivity contribution in [3.63, 3.8) is 0 Å². The summed E-state index contributed by atoms with van der Waals surface area (Å²) in [5, 5.41) is 15.9. The van der Waals surface area contributed by atoms with E-state index in [9.17, 15) is 9.90 Å². The maximum Gasteiger partial charge on any atom is 0.255 e. The van der Waals surface area contributed by atoms with Crippen LogP contribution < -0.4 is 15.4 Å². The smallest absolute Gasteiger partial charge is 0.255 e. The molecule has 2 aromatic heterocycles. The Hall–Kier alpha value is -5.47. The van der Waals surface area contributed by atoms with Crippen LogP contribution in [0.2, 0.25) is 0 Å². The Morgan fingerprint density at radius 1 is 0.905 bits per heavy atom. The van der Waals surface area contributed by atoms with E-state index in [1.54, 1.807) is 31.5 Å². The number of aliphatic hydroxyl groups excluding tert-OH is 1. The second-order valence-electron chi connectivity index (χ2n) is 9.84. The van der Waals surface area contributed by atoms with E-state index in [0.29, 0.717) is 34.0 Å². The van der Waals surface area contributed by atoms with Crippen LogP contribution in [0.25, 0.3) is 16.9 Å². The quantitative estimate of drug-likeness (QED) is 0.189. The van der Waals surface area contributed by atoms with Crippen LogP contribution in [0.4, 0.5) is 17.2 Å². The van der Waals surface area contributed by atoms with Gasteiger partial charge in [0.25, 0.3) is 5.91 Å². The number of aliphatic hydroxyl groups is 1. The van der Waals surface area contributed by atoms with E-state index < -0.39 is 0 Å². The van der Waals surface area contributed by atoms with Crippen molar-refractivity contribution in [3.05, 3.63) is 138 Å². The van der Waals surface area contributed by atoms with Crippen LogP contribution >= 0.6 is 0 Å². The Labute approximate surface area is 243 Å². The third-order valence-corrected chi connectivity index (χ3v) is 6.98. The number of anilines is 3. The first-order chi connectivity index (χ1) is 20.6. The predicted octanol–water partition coefficient (Wildman–Crippen LogP) is 6.48. The van der Waals surface area contributed by atoms with Crippen molar-refractivity contribution in [1.82, 2.24) is 14.4 Å². The largest absolute Gasteiger partial charge is 0.496 e. The van der Waals surface area contributed by atoms with Crippen molar-refractivity contribution in [1.29, 1.82) is 0 Å². The van der Waals surface area contributed by atoms with Gasteiger partial charge in [0.15, 0.2) is 11.5 Å². The number of benzene rings is 4. The number of rotatable bonds is 9. The van der Waals surface area contributed by atoms with E-state index >= 15 is 0 Å². The van der Waals surface area contributed by atoms with Crippen LogP contribution in [-0.2, 0) is 13.0 Å². The molecule has 8 heteroatoms. The fraction of sp³-hybridized carbons (Fsp3) is 0.0882. The van der Waals surface area contributed by atoms with Gasteiger partial charge < -0.3 is 24.9 Å². The van der Waals surface area contributed by atoms with Gasteiger partial charge in [-0.05, 0) is 47.9 Å². The van der Waals surface area contributed by atoms with Crippen LogP contribution in [0.5, 0.6) is 5.75 Å². The average molecular weight is 556 g/mol. The number of aromatic nitrogens is 3. The first kappa shape index (κ1) is 26.7. The number of nitrogens with zero attached hydrogens (tertiary/aromatic N) is 3. The van der Waals surface area contributed by atoms with Crippen molar-refractivity contribution in [2.45, 2.75) is 13.0 Å². The van der Waals surface area contributed by atoms with Gasteiger partial charge >= 0.3 is 0 Å². The Morgan fingerprint density at radius 3 is 2.48 bits per heavy atom. The fourth-order valence-electron chi connectivity index (χ4n) is 4.80. The zero-order chi connectivity index (χ0) is 28.9. The molecule has 0 aliphatic carbocycles. The normalized spacial score (nSPS) is 10.9. The summed E-state index contributed by atoms with van der Waals surface area (Å²) in [5.74, 6) is 0.912. The van der Waals surface area contributed by atoms with E-state index in [0.717, 1.165) is 23.4 Å². The molecule has 6 rings (SSSR count). The number of fused-ring (bicyclic) bond motifs is 1. The van der Waals surface area contributed by atoms with Gasteiger partial charge in [-0.15, -0.1) is 0 Å². The molecule has 6 aromatic rings. The van der Waals surface area contributed by atoms with Crippen molar-refractivity contribution in [2.75, 3.05) is 17.7 Å². The number of hydrogen-bond donors (Lipinski definition) is 3. The minimum Gasteiger partial charge on any atom is -0.496 e. The van der Waals surface area contributed by atoms with Gasteiger partial charge in [0.2, 0.25) is 0 Å². The van der Waals surface area contributed by atoms with E-state index in [2.05, 4.69) is 27.8 Å². The second kappa shape index (κ2) is 12.0. The van der Waals surface area contributed by atoms with Gasteiger partial charge in [-0.3, -0.25) is 4.79 Å². The maximum atomic E-state index is 13.2. The lowest BCUT2D eigenvalue weighted by Gasteiger charge is -2.13. The van der Waals surface area contributed by atoms with E-state index in [-0.39, 0.29) is 12.5 Å². The van der Waals surface area contributed by atoms with Crippen molar-refractivity contribution >= 4 is 28.7 Å². The van der Waals surface area contributed by atoms with Gasteiger partial charge in [-0.2, -0.15) is 0 Å². The summed E-state index contributed by atoms with van der Waals surface area (Å²) >= 11 is 0. The first-order valence-corrected chi connectivity index (χ1v) is 13.5. The molecule has 0 bridgehead atoms. The van der Waals surface area contributed by atoms with E-state index in [4.69, 9.17) is 9.72 Å². The van der Waals surface area contributed by atoms with Gasteiger partial charge in [0, 0.05) is 52.7 Å². The Kier molecular flexibility index (Phi) is 7.61. The molecule has 2 heterocycles. The molecule has 0 unspecified atom stereocenters. The third kappa shape index (κ3) is 5.84. The van der Waals surface area contributed by atoms with Gasteiger partial charge in [0.1, 0.15) is 5.75 Å². The summed E-state index contributed by atoms with van der Waals surface area (Å²) in [7, 11) is 1.56. The highest BCUT2D eigenvalue weighted by Crippen LogP contribution is 2.29. The number of imidazole rings is 1. The Balaban J connectivity index is 1.22. The van der Waals surface area contributed by atoms with Gasteiger partial charge in [-0.25, -0.2) is 9.97 Å². The van der Waals surface area contributed by atoms with Crippen molar-refractivity contribution < 1.29 is 14.6 Å². The minimum atomic E-state index is -0.203. The highest BCUT2D eigenvalue weighted by molar-refractivity contribution is 6.05. The molecule has 4 aromatic carbocycles. The molecular weight excluding hydrogens is 526 g/mol. The van der Waals surface area contributed by atoms with Crippen LogP contribution in [0, 0.1) is 0 Å². The molecule has 3 N–H and O–H groups in total. The molecule has 0 atom stereocenters. The van der Waals surface area contributed by atoms with Crippen molar-refractivity contribution in [3.8, 4) is 17.0 Å². The Morgan fingerprint density at radius 2 is 1.69 bits per heavy atom. The zero-order valence-corrected chi connectivity index (χ0v) is 23.0. The molecule has 0 saturated heterocycles. The number of hydrogen-bond acceptors (Lipinski definition) is 6. The van der Waals surface area contributed by atoms with Gasteiger partial charge in [-0.1, -0.05) is 60.7 Å². The number of methoxy groups -OCH3 is 1. The maximum absolute atomic E-state index is 13.2. The first-order valence-electron chi connectivity index (χ1n) is 13.5. The van der Waals surface area contributed by atoms with Crippen LogP contribution in [0.1, 0.15) is 27.0 Å². The van der Waals surface area contributed by atoms with Crippen molar-refractivity contribution in [2.24, 2.45) is 0 Å². The lowest BCUT2D eigenvalue weighted by molar-refractivity contribution is 0.102. The van der Waals surface area contributed by atoms with Crippen LogP contribution in [0.15, 0.2) is 116 Å². The zero-order valence-electron chi connectivity index (χ0n) is 23.0.